The summed E-state index contributed by atoms with van der Waals surface area (Å²) >= 11 is 0. The van der Waals surface area contributed by atoms with E-state index in [0.29, 0.717) is 5.41 Å². The lowest BCUT2D eigenvalue weighted by molar-refractivity contribution is 0.188. The van der Waals surface area contributed by atoms with Crippen LogP contribution < -0.4 is 5.32 Å². The molecule has 3 aliphatic rings. The van der Waals surface area contributed by atoms with Gasteiger partial charge in [-0.3, -0.25) is 0 Å². The highest BCUT2D eigenvalue weighted by Crippen LogP contribution is 2.62. The summed E-state index contributed by atoms with van der Waals surface area (Å²) in [5, 5.41) is 3.78. The van der Waals surface area contributed by atoms with Gasteiger partial charge in [0.05, 0.1) is 0 Å². The van der Waals surface area contributed by atoms with Crippen molar-refractivity contribution in [2.75, 3.05) is 13.1 Å². The molecule has 1 heteroatoms. The summed E-state index contributed by atoms with van der Waals surface area (Å²) in [6.07, 6.45) is 12.3. The van der Waals surface area contributed by atoms with Crippen LogP contribution in [0.15, 0.2) is 0 Å². The molecule has 18 heavy (non-hydrogen) atoms. The third kappa shape index (κ3) is 2.92. The Morgan fingerprint density at radius 1 is 1.11 bits per heavy atom. The highest BCUT2D eigenvalue weighted by molar-refractivity contribution is 5.04. The van der Waals surface area contributed by atoms with Gasteiger partial charge in [-0.15, -0.1) is 0 Å². The topological polar surface area (TPSA) is 12.0 Å². The van der Waals surface area contributed by atoms with Crippen molar-refractivity contribution in [2.45, 2.75) is 65.2 Å². The Bertz CT molecular complexity index is 267. The van der Waals surface area contributed by atoms with Crippen molar-refractivity contribution < 1.29 is 0 Å². The average molecular weight is 249 g/mol. The van der Waals surface area contributed by atoms with E-state index in [-0.39, 0.29) is 0 Å². The van der Waals surface area contributed by atoms with E-state index in [1.807, 2.05) is 0 Å². The van der Waals surface area contributed by atoms with E-state index < -0.39 is 0 Å². The van der Waals surface area contributed by atoms with Gasteiger partial charge in [0.25, 0.3) is 0 Å². The van der Waals surface area contributed by atoms with Crippen LogP contribution >= 0.6 is 0 Å². The van der Waals surface area contributed by atoms with Crippen LogP contribution in [0.1, 0.15) is 65.2 Å². The summed E-state index contributed by atoms with van der Waals surface area (Å²) < 4.78 is 0. The van der Waals surface area contributed by atoms with E-state index in [0.717, 1.165) is 23.7 Å². The summed E-state index contributed by atoms with van der Waals surface area (Å²) in [7, 11) is 0. The first kappa shape index (κ1) is 13.0. The van der Waals surface area contributed by atoms with E-state index in [2.05, 4.69) is 19.2 Å². The number of hydrogen-bond donors (Lipinski definition) is 1. The Labute approximate surface area is 113 Å². The zero-order valence-electron chi connectivity index (χ0n) is 12.4. The molecule has 0 heterocycles. The van der Waals surface area contributed by atoms with Crippen LogP contribution in [0, 0.1) is 29.1 Å². The van der Waals surface area contributed by atoms with Gasteiger partial charge in [-0.1, -0.05) is 39.5 Å². The Morgan fingerprint density at radius 2 is 1.78 bits per heavy atom. The maximum atomic E-state index is 3.78. The Morgan fingerprint density at radius 3 is 2.39 bits per heavy atom. The average Bonchev–Trinajstić information content (AvgIpc) is 2.76. The second-order valence-electron chi connectivity index (χ2n) is 8.04. The number of nitrogens with one attached hydrogen (secondary N) is 1. The minimum absolute atomic E-state index is 0.706. The smallest absolute Gasteiger partial charge is 0.000823 e. The standard InChI is InChI=1S/C17H31N/c1-13(2)11-18-12-17(8-14-5-3-4-6-14)9-15-7-16(15)10-17/h13-16,18H,3-12H2,1-2H3. The highest BCUT2D eigenvalue weighted by Gasteiger charge is 2.53. The SMILES string of the molecule is CC(C)CNCC1(CC2CCCC2)CC2CC2C1. The molecule has 0 aromatic heterocycles. The Hall–Kier alpha value is -0.0400. The lowest BCUT2D eigenvalue weighted by Gasteiger charge is -2.34. The van der Waals surface area contributed by atoms with Gasteiger partial charge in [0, 0.05) is 6.54 Å². The van der Waals surface area contributed by atoms with E-state index >= 15 is 0 Å². The van der Waals surface area contributed by atoms with Gasteiger partial charge in [-0.2, -0.15) is 0 Å². The summed E-state index contributed by atoms with van der Waals surface area (Å²) in [6.45, 7) is 7.17. The first-order valence-electron chi connectivity index (χ1n) is 8.38. The van der Waals surface area contributed by atoms with Crippen LogP contribution in [0.25, 0.3) is 0 Å². The fourth-order valence-corrected chi connectivity index (χ4v) is 4.84. The maximum Gasteiger partial charge on any atom is 0.000823 e. The number of rotatable bonds is 6. The van der Waals surface area contributed by atoms with Gasteiger partial charge < -0.3 is 5.32 Å². The van der Waals surface area contributed by atoms with Crippen LogP contribution in [0.4, 0.5) is 0 Å². The van der Waals surface area contributed by atoms with Gasteiger partial charge in [0.15, 0.2) is 0 Å². The predicted molar refractivity (Wildman–Crippen MR) is 77.5 cm³/mol. The maximum absolute atomic E-state index is 3.78. The molecule has 0 spiro atoms. The summed E-state index contributed by atoms with van der Waals surface area (Å²) in [5.41, 5.74) is 0.706. The van der Waals surface area contributed by atoms with E-state index in [1.165, 1.54) is 38.8 Å². The van der Waals surface area contributed by atoms with Gasteiger partial charge in [0.1, 0.15) is 0 Å². The van der Waals surface area contributed by atoms with Gasteiger partial charge in [-0.25, -0.2) is 0 Å². The molecule has 3 aliphatic carbocycles. The van der Waals surface area contributed by atoms with E-state index in [4.69, 9.17) is 0 Å². The molecule has 0 saturated heterocycles. The zero-order valence-corrected chi connectivity index (χ0v) is 12.4. The van der Waals surface area contributed by atoms with Crippen molar-refractivity contribution in [3.8, 4) is 0 Å². The molecule has 2 atom stereocenters. The molecule has 0 amide bonds. The van der Waals surface area contributed by atoms with E-state index in [1.54, 1.807) is 25.7 Å². The van der Waals surface area contributed by atoms with Crippen LogP contribution in [0.2, 0.25) is 0 Å². The highest BCUT2D eigenvalue weighted by atomic mass is 14.9. The molecule has 3 fully saturated rings. The van der Waals surface area contributed by atoms with E-state index in [9.17, 15) is 0 Å². The zero-order chi connectivity index (χ0) is 12.6. The largest absolute Gasteiger partial charge is 0.316 e. The van der Waals surface area contributed by atoms with Gasteiger partial charge >= 0.3 is 0 Å². The fraction of sp³-hybridized carbons (Fsp3) is 1.00. The first-order chi connectivity index (χ1) is 8.67. The molecule has 3 saturated carbocycles. The van der Waals surface area contributed by atoms with Gasteiger partial charge in [-0.05, 0) is 61.3 Å². The third-order valence-corrected chi connectivity index (χ3v) is 5.71. The van der Waals surface area contributed by atoms with Crippen LogP contribution in [-0.4, -0.2) is 13.1 Å². The van der Waals surface area contributed by atoms with Crippen LogP contribution in [-0.2, 0) is 0 Å². The van der Waals surface area contributed by atoms with Crippen molar-refractivity contribution >= 4 is 0 Å². The first-order valence-corrected chi connectivity index (χ1v) is 8.38. The van der Waals surface area contributed by atoms with Crippen molar-refractivity contribution in [2.24, 2.45) is 29.1 Å². The quantitative estimate of drug-likeness (QED) is 0.743. The molecule has 1 nitrogen and oxygen atoms in total. The molecule has 3 rings (SSSR count). The second-order valence-corrected chi connectivity index (χ2v) is 8.04. The molecular formula is C17H31N. The lowest BCUT2D eigenvalue weighted by atomic mass is 9.75. The minimum atomic E-state index is 0.706. The molecule has 0 bridgehead atoms. The summed E-state index contributed by atoms with van der Waals surface area (Å²) in [5.74, 6) is 4.13. The normalized spacial score (nSPS) is 39.5. The van der Waals surface area contributed by atoms with Crippen LogP contribution in [0.3, 0.4) is 0 Å². The number of fused-ring (bicyclic) bond motifs is 1. The predicted octanol–water partition coefficient (Wildman–Crippen LogP) is 4.23. The summed E-state index contributed by atoms with van der Waals surface area (Å²) in [4.78, 5) is 0. The lowest BCUT2D eigenvalue weighted by Crippen LogP contribution is -2.36. The molecule has 0 radical (unpaired) electrons. The van der Waals surface area contributed by atoms with Crippen molar-refractivity contribution in [1.29, 1.82) is 0 Å². The van der Waals surface area contributed by atoms with Crippen molar-refractivity contribution in [1.82, 2.24) is 5.32 Å². The second kappa shape index (κ2) is 5.15. The van der Waals surface area contributed by atoms with Gasteiger partial charge in [0.2, 0.25) is 0 Å². The Balaban J connectivity index is 1.54. The molecular weight excluding hydrogens is 218 g/mol. The van der Waals surface area contributed by atoms with Crippen LogP contribution in [0.5, 0.6) is 0 Å². The molecule has 0 aliphatic heterocycles. The summed E-state index contributed by atoms with van der Waals surface area (Å²) in [6, 6.07) is 0. The molecule has 0 aromatic carbocycles. The molecule has 1 N–H and O–H groups in total. The van der Waals surface area contributed by atoms with Crippen molar-refractivity contribution in [3.63, 3.8) is 0 Å². The van der Waals surface area contributed by atoms with Crippen molar-refractivity contribution in [3.05, 3.63) is 0 Å². The Kier molecular flexibility index (Phi) is 3.71. The molecule has 104 valence electrons. The third-order valence-electron chi connectivity index (χ3n) is 5.71. The molecule has 2 unspecified atom stereocenters. The molecule has 0 aromatic rings. The minimum Gasteiger partial charge on any atom is -0.316 e. The number of hydrogen-bond acceptors (Lipinski definition) is 1. The monoisotopic (exact) mass is 249 g/mol. The fourth-order valence-electron chi connectivity index (χ4n) is 4.84.